The van der Waals surface area contributed by atoms with Crippen LogP contribution in [0.4, 0.5) is 0 Å². The minimum atomic E-state index is 0.0148. The number of rotatable bonds is 10. The fourth-order valence-corrected chi connectivity index (χ4v) is 2.39. The van der Waals surface area contributed by atoms with Gasteiger partial charge in [0.25, 0.3) is 0 Å². The first-order valence-electron chi connectivity index (χ1n) is 7.35. The van der Waals surface area contributed by atoms with E-state index in [1.54, 1.807) is 0 Å². The topological polar surface area (TPSA) is 18.5 Å². The maximum atomic E-state index is 6.02. The SMILES string of the molecule is CCC(CC)(CC)OBOC(CC)(CC)CC. The lowest BCUT2D eigenvalue weighted by molar-refractivity contribution is -0.0124. The van der Waals surface area contributed by atoms with Crippen molar-refractivity contribution in [2.24, 2.45) is 0 Å². The van der Waals surface area contributed by atoms with E-state index in [-0.39, 0.29) is 11.2 Å². The molecule has 0 saturated carbocycles. The van der Waals surface area contributed by atoms with Crippen LogP contribution in [-0.2, 0) is 9.31 Å². The van der Waals surface area contributed by atoms with Crippen molar-refractivity contribution in [3.63, 3.8) is 0 Å². The largest absolute Gasteiger partial charge is 0.438 e. The second kappa shape index (κ2) is 8.15. The fourth-order valence-electron chi connectivity index (χ4n) is 2.39. The predicted molar refractivity (Wildman–Crippen MR) is 76.5 cm³/mol. The third kappa shape index (κ3) is 4.63. The molecule has 0 aliphatic rings. The van der Waals surface area contributed by atoms with E-state index in [0.29, 0.717) is 7.69 Å². The van der Waals surface area contributed by atoms with Crippen LogP contribution in [0.25, 0.3) is 0 Å². The van der Waals surface area contributed by atoms with Gasteiger partial charge in [-0.05, 0) is 38.5 Å². The van der Waals surface area contributed by atoms with Gasteiger partial charge in [0, 0.05) is 0 Å². The highest BCUT2D eigenvalue weighted by molar-refractivity contribution is 6.18. The Morgan fingerprint density at radius 1 is 0.588 bits per heavy atom. The molecule has 0 spiro atoms. The molecule has 0 amide bonds. The van der Waals surface area contributed by atoms with Gasteiger partial charge in [-0.2, -0.15) is 0 Å². The van der Waals surface area contributed by atoms with Gasteiger partial charge in [-0.1, -0.05) is 41.5 Å². The van der Waals surface area contributed by atoms with Crippen molar-refractivity contribution in [2.75, 3.05) is 0 Å². The van der Waals surface area contributed by atoms with E-state index in [2.05, 4.69) is 41.5 Å². The Kier molecular flexibility index (Phi) is 8.14. The molecule has 0 N–H and O–H groups in total. The summed E-state index contributed by atoms with van der Waals surface area (Å²) in [7, 11) is 0.436. The van der Waals surface area contributed by atoms with Crippen LogP contribution >= 0.6 is 0 Å². The number of hydrogen-bond acceptors (Lipinski definition) is 2. The first-order valence-corrected chi connectivity index (χ1v) is 7.35. The lowest BCUT2D eigenvalue weighted by Crippen LogP contribution is -2.38. The van der Waals surface area contributed by atoms with Gasteiger partial charge in [0.1, 0.15) is 0 Å². The molecular weight excluding hydrogens is 211 g/mol. The van der Waals surface area contributed by atoms with Crippen molar-refractivity contribution < 1.29 is 9.31 Å². The monoisotopic (exact) mass is 242 g/mol. The summed E-state index contributed by atoms with van der Waals surface area (Å²) in [5, 5.41) is 0. The predicted octanol–water partition coefficient (Wildman–Crippen LogP) is 4.22. The molecule has 0 aliphatic heterocycles. The molecule has 0 rings (SSSR count). The van der Waals surface area contributed by atoms with Crippen LogP contribution < -0.4 is 0 Å². The molecule has 3 heteroatoms. The Hall–Kier alpha value is -0.0151. The van der Waals surface area contributed by atoms with Crippen LogP contribution in [0.3, 0.4) is 0 Å². The van der Waals surface area contributed by atoms with Gasteiger partial charge in [-0.3, -0.25) is 0 Å². The van der Waals surface area contributed by atoms with E-state index in [0.717, 1.165) is 38.5 Å². The minimum Gasteiger partial charge on any atom is -0.408 e. The minimum absolute atomic E-state index is 0.0148. The van der Waals surface area contributed by atoms with Gasteiger partial charge in [0.15, 0.2) is 0 Å². The zero-order valence-corrected chi connectivity index (χ0v) is 12.8. The summed E-state index contributed by atoms with van der Waals surface area (Å²) >= 11 is 0. The van der Waals surface area contributed by atoms with Gasteiger partial charge in [-0.15, -0.1) is 0 Å². The van der Waals surface area contributed by atoms with Gasteiger partial charge >= 0.3 is 7.69 Å². The molecule has 0 aliphatic carbocycles. The molecule has 0 heterocycles. The van der Waals surface area contributed by atoms with Gasteiger partial charge in [0.05, 0.1) is 11.2 Å². The highest BCUT2D eigenvalue weighted by Crippen LogP contribution is 2.27. The quantitative estimate of drug-likeness (QED) is 0.534. The van der Waals surface area contributed by atoms with Crippen LogP contribution in [0.1, 0.15) is 80.1 Å². The Morgan fingerprint density at radius 3 is 1.00 bits per heavy atom. The molecule has 0 aromatic heterocycles. The standard InChI is InChI=1S/C14H31BO2/c1-7-13(8-2,9-3)16-15-17-14(10-4,11-5)12-6/h15H,7-12H2,1-6H3. The van der Waals surface area contributed by atoms with E-state index in [9.17, 15) is 0 Å². The average Bonchev–Trinajstić information content (AvgIpc) is 2.41. The summed E-state index contributed by atoms with van der Waals surface area (Å²) in [5.41, 5.74) is 0.0297. The highest BCUT2D eigenvalue weighted by Gasteiger charge is 2.29. The first kappa shape index (κ1) is 17.0. The Bertz CT molecular complexity index is 150. The van der Waals surface area contributed by atoms with E-state index in [1.807, 2.05) is 0 Å². The molecule has 0 unspecified atom stereocenters. The van der Waals surface area contributed by atoms with Crippen molar-refractivity contribution in [3.8, 4) is 0 Å². The third-order valence-corrected chi connectivity index (χ3v) is 4.60. The van der Waals surface area contributed by atoms with Crippen molar-refractivity contribution in [2.45, 2.75) is 91.3 Å². The van der Waals surface area contributed by atoms with Crippen LogP contribution in [0, 0.1) is 0 Å². The van der Waals surface area contributed by atoms with Gasteiger partial charge in [0.2, 0.25) is 0 Å². The van der Waals surface area contributed by atoms with E-state index < -0.39 is 0 Å². The summed E-state index contributed by atoms with van der Waals surface area (Å²) in [6.45, 7) is 13.2. The van der Waals surface area contributed by atoms with Crippen LogP contribution in [0.2, 0.25) is 0 Å². The average molecular weight is 242 g/mol. The maximum Gasteiger partial charge on any atom is 0.438 e. The third-order valence-electron chi connectivity index (χ3n) is 4.60. The van der Waals surface area contributed by atoms with Crippen molar-refractivity contribution >= 4 is 7.69 Å². The van der Waals surface area contributed by atoms with Crippen molar-refractivity contribution in [1.29, 1.82) is 0 Å². The van der Waals surface area contributed by atoms with Crippen LogP contribution in [0.15, 0.2) is 0 Å². The molecule has 0 radical (unpaired) electrons. The van der Waals surface area contributed by atoms with E-state index >= 15 is 0 Å². The van der Waals surface area contributed by atoms with Crippen LogP contribution in [0.5, 0.6) is 0 Å². The molecule has 102 valence electrons. The van der Waals surface area contributed by atoms with E-state index in [4.69, 9.17) is 9.31 Å². The second-order valence-electron chi connectivity index (χ2n) is 4.89. The molecule has 17 heavy (non-hydrogen) atoms. The highest BCUT2D eigenvalue weighted by atomic mass is 16.6. The lowest BCUT2D eigenvalue weighted by Gasteiger charge is -2.35. The first-order chi connectivity index (χ1) is 8.07. The molecule has 0 saturated heterocycles. The summed E-state index contributed by atoms with van der Waals surface area (Å²) in [6.07, 6.45) is 6.34. The zero-order valence-electron chi connectivity index (χ0n) is 12.8. The Labute approximate surface area is 109 Å². The fraction of sp³-hybridized carbons (Fsp3) is 1.00. The second-order valence-corrected chi connectivity index (χ2v) is 4.89. The lowest BCUT2D eigenvalue weighted by atomic mass is 9.91. The summed E-state index contributed by atoms with van der Waals surface area (Å²) in [6, 6.07) is 0. The maximum absolute atomic E-state index is 6.02. The van der Waals surface area contributed by atoms with Gasteiger partial charge in [-0.25, -0.2) is 0 Å². The molecule has 0 fully saturated rings. The molecule has 0 aromatic carbocycles. The number of hydrogen-bond donors (Lipinski definition) is 0. The van der Waals surface area contributed by atoms with Crippen LogP contribution in [-0.4, -0.2) is 18.9 Å². The summed E-state index contributed by atoms with van der Waals surface area (Å²) in [4.78, 5) is 0. The molecule has 0 atom stereocenters. The van der Waals surface area contributed by atoms with E-state index in [1.165, 1.54) is 0 Å². The van der Waals surface area contributed by atoms with Crippen molar-refractivity contribution in [3.05, 3.63) is 0 Å². The van der Waals surface area contributed by atoms with Gasteiger partial charge < -0.3 is 9.31 Å². The molecular formula is C14H31BO2. The zero-order chi connectivity index (χ0) is 13.4. The van der Waals surface area contributed by atoms with Crippen molar-refractivity contribution in [1.82, 2.24) is 0 Å². The molecule has 0 aromatic rings. The summed E-state index contributed by atoms with van der Waals surface area (Å²) in [5.74, 6) is 0. The smallest absolute Gasteiger partial charge is 0.408 e. The Morgan fingerprint density at radius 2 is 0.824 bits per heavy atom. The molecule has 2 nitrogen and oxygen atoms in total. The summed E-state index contributed by atoms with van der Waals surface area (Å²) < 4.78 is 12.0. The molecule has 0 bridgehead atoms. The normalized spacial score (nSPS) is 12.8. The Balaban J connectivity index is 4.28.